The lowest BCUT2D eigenvalue weighted by atomic mass is 9.73. The molecule has 5 rings (SSSR count). The lowest BCUT2D eigenvalue weighted by Gasteiger charge is -2.29. The van der Waals surface area contributed by atoms with Crippen LogP contribution in [-0.4, -0.2) is 29.2 Å². The van der Waals surface area contributed by atoms with Gasteiger partial charge in [-0.05, 0) is 48.8 Å². The smallest absolute Gasteiger partial charge is 0.317 e. The third-order valence-electron chi connectivity index (χ3n) is 6.79. The average molecular weight is 575 g/mol. The number of ether oxygens (including phenoxy) is 1. The van der Waals surface area contributed by atoms with Crippen molar-refractivity contribution in [3.8, 4) is 0 Å². The van der Waals surface area contributed by atoms with E-state index in [1.54, 1.807) is 49.4 Å². The second-order valence-electron chi connectivity index (χ2n) is 9.20. The number of hydrogen-bond acceptors (Lipinski definition) is 7. The predicted octanol–water partition coefficient (Wildman–Crippen LogP) is 7.03. The average Bonchev–Trinajstić information content (AvgIpc) is 3.29. The fourth-order valence-electron chi connectivity index (χ4n) is 4.96. The molecule has 0 bridgehead atoms. The van der Waals surface area contributed by atoms with Crippen LogP contribution in [0.2, 0.25) is 5.02 Å². The molecule has 2 atom stereocenters. The zero-order chi connectivity index (χ0) is 28.4. The van der Waals surface area contributed by atoms with Gasteiger partial charge in [0.2, 0.25) is 0 Å². The molecule has 0 radical (unpaired) electrons. The Morgan fingerprint density at radius 1 is 1.07 bits per heavy atom. The number of carbonyl (C=O) groups is 3. The van der Waals surface area contributed by atoms with E-state index in [-0.39, 0.29) is 24.6 Å². The Kier molecular flexibility index (Phi) is 7.77. The molecule has 4 aromatic rings. The summed E-state index contributed by atoms with van der Waals surface area (Å²) in [6, 6.07) is 20.6. The van der Waals surface area contributed by atoms with E-state index in [2.05, 4.69) is 5.32 Å². The number of esters is 1. The highest BCUT2D eigenvalue weighted by Gasteiger charge is 2.42. The molecular weight excluding hydrogens is 552 g/mol. The van der Waals surface area contributed by atoms with Gasteiger partial charge in [0.25, 0.3) is 11.6 Å². The minimum atomic E-state index is -1.19. The summed E-state index contributed by atoms with van der Waals surface area (Å²) in [5.74, 6) is -3.47. The lowest BCUT2D eigenvalue weighted by Crippen LogP contribution is -2.34. The van der Waals surface area contributed by atoms with Crippen molar-refractivity contribution in [1.29, 1.82) is 0 Å². The molecule has 0 saturated carbocycles. The molecule has 202 valence electrons. The number of hydrogen-bond donors (Lipinski definition) is 1. The van der Waals surface area contributed by atoms with E-state index < -0.39 is 28.5 Å². The fraction of sp³-hybridized carbons (Fsp3) is 0.167. The highest BCUT2D eigenvalue weighted by Crippen LogP contribution is 2.43. The summed E-state index contributed by atoms with van der Waals surface area (Å²) in [5, 5.41) is 15.8. The van der Waals surface area contributed by atoms with Gasteiger partial charge in [0.15, 0.2) is 5.78 Å². The number of allylic oxidation sites excluding steroid dienone is 2. The molecule has 8 nitrogen and oxygen atoms in total. The molecule has 2 unspecified atom stereocenters. The molecule has 40 heavy (non-hydrogen) atoms. The van der Waals surface area contributed by atoms with Crippen LogP contribution in [0.4, 0.5) is 11.4 Å². The molecule has 1 heterocycles. The normalized spacial score (nSPS) is 16.9. The number of ketones is 1. The first-order valence-electron chi connectivity index (χ1n) is 12.5. The van der Waals surface area contributed by atoms with Gasteiger partial charge in [-0.2, -0.15) is 0 Å². The summed E-state index contributed by atoms with van der Waals surface area (Å²) in [7, 11) is 0. The van der Waals surface area contributed by atoms with Gasteiger partial charge < -0.3 is 10.1 Å². The van der Waals surface area contributed by atoms with Crippen LogP contribution in [0.1, 0.15) is 40.1 Å². The Morgan fingerprint density at radius 2 is 1.77 bits per heavy atom. The molecule has 1 aromatic heterocycles. The number of nitrogens with zero attached hydrogens (tertiary/aromatic N) is 1. The van der Waals surface area contributed by atoms with E-state index in [0.29, 0.717) is 32.3 Å². The molecule has 0 spiro atoms. The number of para-hydroxylation sites is 1. The monoisotopic (exact) mass is 574 g/mol. The zero-order valence-electron chi connectivity index (χ0n) is 21.3. The van der Waals surface area contributed by atoms with Crippen molar-refractivity contribution in [2.75, 3.05) is 11.9 Å². The maximum atomic E-state index is 13.2. The summed E-state index contributed by atoms with van der Waals surface area (Å²) in [6.45, 7) is 1.73. The number of thiophene rings is 1. The van der Waals surface area contributed by atoms with Crippen molar-refractivity contribution >= 4 is 67.6 Å². The van der Waals surface area contributed by atoms with Crippen molar-refractivity contribution in [3.05, 3.63) is 110 Å². The fourth-order valence-corrected chi connectivity index (χ4v) is 6.37. The van der Waals surface area contributed by atoms with Crippen LogP contribution < -0.4 is 5.32 Å². The highest BCUT2D eigenvalue weighted by atomic mass is 35.5. The highest BCUT2D eigenvalue weighted by molar-refractivity contribution is 7.21. The molecular formula is C30H23ClN2O6S. The van der Waals surface area contributed by atoms with Crippen LogP contribution in [0.5, 0.6) is 0 Å². The number of fused-ring (bicyclic) bond motifs is 1. The number of benzene rings is 3. The number of halogens is 1. The molecule has 1 amide bonds. The maximum absolute atomic E-state index is 13.2. The minimum Gasteiger partial charge on any atom is -0.465 e. The number of carbonyl (C=O) groups excluding carboxylic acids is 3. The Bertz CT molecular complexity index is 1680. The van der Waals surface area contributed by atoms with Gasteiger partial charge in [0.1, 0.15) is 10.8 Å². The first-order chi connectivity index (χ1) is 19.3. The van der Waals surface area contributed by atoms with Gasteiger partial charge in [-0.25, -0.2) is 0 Å². The SMILES string of the molecule is CCOC(=O)C1C(=O)C=C(c2ccc(NC(=O)c3sc4ccccc4c3Cl)cc2)CC1c1ccccc1[N+](=O)[O-]. The van der Waals surface area contributed by atoms with Gasteiger partial charge in [-0.1, -0.05) is 60.1 Å². The summed E-state index contributed by atoms with van der Waals surface area (Å²) in [4.78, 5) is 50.6. The van der Waals surface area contributed by atoms with Crippen molar-refractivity contribution < 1.29 is 24.0 Å². The largest absolute Gasteiger partial charge is 0.465 e. The van der Waals surface area contributed by atoms with Crippen LogP contribution in [0.3, 0.4) is 0 Å². The molecule has 3 aromatic carbocycles. The first kappa shape index (κ1) is 27.2. The Balaban J connectivity index is 1.42. The van der Waals surface area contributed by atoms with Crippen molar-refractivity contribution in [1.82, 2.24) is 0 Å². The quantitative estimate of drug-likeness (QED) is 0.110. The van der Waals surface area contributed by atoms with Crippen LogP contribution in [0.25, 0.3) is 15.7 Å². The van der Waals surface area contributed by atoms with Crippen molar-refractivity contribution in [3.63, 3.8) is 0 Å². The third-order valence-corrected chi connectivity index (χ3v) is 8.47. The molecule has 1 aliphatic carbocycles. The Morgan fingerprint density at radius 3 is 2.48 bits per heavy atom. The molecule has 0 saturated heterocycles. The van der Waals surface area contributed by atoms with Gasteiger partial charge in [-0.15, -0.1) is 11.3 Å². The Hall–Kier alpha value is -4.34. The summed E-state index contributed by atoms with van der Waals surface area (Å²) in [6.07, 6.45) is 1.61. The standard InChI is InChI=1S/C30H23ClN2O6S/c1-2-39-30(36)26-22(20-7-3-5-9-23(20)33(37)38)15-18(16-24(26)34)17-11-13-19(14-12-17)32-29(35)28-27(31)21-8-4-6-10-25(21)40-28/h3-14,16,22,26H,2,15H2,1H3,(H,32,35). The summed E-state index contributed by atoms with van der Waals surface area (Å²) < 4.78 is 6.07. The second-order valence-corrected chi connectivity index (χ2v) is 10.6. The third kappa shape index (κ3) is 5.25. The van der Waals surface area contributed by atoms with E-state index >= 15 is 0 Å². The second kappa shape index (κ2) is 11.4. The number of amides is 1. The number of nitro benzene ring substituents is 1. The van der Waals surface area contributed by atoms with Crippen molar-refractivity contribution in [2.45, 2.75) is 19.3 Å². The van der Waals surface area contributed by atoms with Gasteiger partial charge in [0, 0.05) is 33.3 Å². The summed E-state index contributed by atoms with van der Waals surface area (Å²) >= 11 is 7.75. The van der Waals surface area contributed by atoms with Crippen molar-refractivity contribution in [2.24, 2.45) is 5.92 Å². The first-order valence-corrected chi connectivity index (χ1v) is 13.7. The number of nitro groups is 1. The van der Waals surface area contributed by atoms with E-state index in [9.17, 15) is 24.5 Å². The lowest BCUT2D eigenvalue weighted by molar-refractivity contribution is -0.385. The van der Waals surface area contributed by atoms with E-state index in [4.69, 9.17) is 16.3 Å². The predicted molar refractivity (Wildman–Crippen MR) is 155 cm³/mol. The van der Waals surface area contributed by atoms with Crippen LogP contribution in [-0.2, 0) is 14.3 Å². The Labute approximate surface area is 238 Å². The number of rotatable bonds is 7. The number of anilines is 1. The van der Waals surface area contributed by atoms with E-state index in [0.717, 1.165) is 10.1 Å². The zero-order valence-corrected chi connectivity index (χ0v) is 22.8. The summed E-state index contributed by atoms with van der Waals surface area (Å²) in [5.41, 5.74) is 1.99. The molecule has 0 fully saturated rings. The van der Waals surface area contributed by atoms with Gasteiger partial charge in [-0.3, -0.25) is 24.5 Å². The topological polar surface area (TPSA) is 116 Å². The van der Waals surface area contributed by atoms with Crippen LogP contribution in [0, 0.1) is 16.0 Å². The number of nitrogens with one attached hydrogen (secondary N) is 1. The minimum absolute atomic E-state index is 0.0860. The maximum Gasteiger partial charge on any atom is 0.317 e. The molecule has 0 aliphatic heterocycles. The van der Waals surface area contributed by atoms with Gasteiger partial charge >= 0.3 is 5.97 Å². The molecule has 1 N–H and O–H groups in total. The van der Waals surface area contributed by atoms with Crippen LogP contribution >= 0.6 is 22.9 Å². The van der Waals surface area contributed by atoms with Crippen LogP contribution in [0.15, 0.2) is 78.9 Å². The van der Waals surface area contributed by atoms with E-state index in [1.807, 2.05) is 24.3 Å². The molecule has 10 heteroatoms. The molecule has 1 aliphatic rings. The van der Waals surface area contributed by atoms with E-state index in [1.165, 1.54) is 23.5 Å². The van der Waals surface area contributed by atoms with Gasteiger partial charge in [0.05, 0.1) is 16.6 Å².